The number of hydrogen-bond donors (Lipinski definition) is 1. The maximum absolute atomic E-state index is 12.3. The summed E-state index contributed by atoms with van der Waals surface area (Å²) in [5, 5.41) is 3.03. The molecule has 0 heterocycles. The Morgan fingerprint density at radius 2 is 1.75 bits per heavy atom. The van der Waals surface area contributed by atoms with Crippen molar-refractivity contribution in [1.82, 2.24) is 0 Å². The van der Waals surface area contributed by atoms with Crippen molar-refractivity contribution >= 4 is 17.5 Å². The molecule has 1 N–H and O–H groups in total. The molecule has 0 aliphatic heterocycles. The van der Waals surface area contributed by atoms with E-state index in [1.807, 2.05) is 51.2 Å². The van der Waals surface area contributed by atoms with E-state index in [2.05, 4.69) is 5.32 Å². The second-order valence-corrected chi connectivity index (χ2v) is 5.09. The Labute approximate surface area is 143 Å². The maximum Gasteiger partial charge on any atom is 0.185 e. The van der Waals surface area contributed by atoms with Crippen LogP contribution in [-0.2, 0) is 0 Å². The number of carbonyl (C=O) groups excluding carboxylic acids is 1. The number of benzene rings is 2. The zero-order valence-electron chi connectivity index (χ0n) is 14.3. The Morgan fingerprint density at radius 3 is 2.38 bits per heavy atom. The van der Waals surface area contributed by atoms with Crippen LogP contribution in [0.2, 0.25) is 0 Å². The lowest BCUT2D eigenvalue weighted by Crippen LogP contribution is -1.98. The molecular weight excluding hydrogens is 302 g/mol. The summed E-state index contributed by atoms with van der Waals surface area (Å²) < 4.78 is 11.1. The van der Waals surface area contributed by atoms with Crippen LogP contribution in [0.3, 0.4) is 0 Å². The van der Waals surface area contributed by atoms with E-state index >= 15 is 0 Å². The topological polar surface area (TPSA) is 47.6 Å². The van der Waals surface area contributed by atoms with Crippen molar-refractivity contribution in [1.29, 1.82) is 0 Å². The highest BCUT2D eigenvalue weighted by Gasteiger charge is 2.06. The van der Waals surface area contributed by atoms with Gasteiger partial charge in [-0.3, -0.25) is 4.79 Å². The van der Waals surface area contributed by atoms with Gasteiger partial charge in [-0.1, -0.05) is 0 Å². The van der Waals surface area contributed by atoms with E-state index in [0.29, 0.717) is 24.5 Å². The largest absolute Gasteiger partial charge is 0.494 e. The Morgan fingerprint density at radius 1 is 1.04 bits per heavy atom. The van der Waals surface area contributed by atoms with Gasteiger partial charge in [0.2, 0.25) is 0 Å². The number of ketones is 1. The molecule has 0 fully saturated rings. The normalized spacial score (nSPS) is 10.6. The minimum atomic E-state index is -0.0472. The predicted molar refractivity (Wildman–Crippen MR) is 98.1 cm³/mol. The molecule has 0 bridgehead atoms. The van der Waals surface area contributed by atoms with E-state index in [0.717, 1.165) is 17.0 Å². The number of ether oxygens (including phenoxy) is 2. The quantitative estimate of drug-likeness (QED) is 0.576. The summed E-state index contributed by atoms with van der Waals surface area (Å²) in [5.41, 5.74) is 2.47. The highest BCUT2D eigenvalue weighted by molar-refractivity contribution is 6.07. The molecule has 2 aromatic carbocycles. The van der Waals surface area contributed by atoms with Crippen molar-refractivity contribution in [2.45, 2.75) is 13.8 Å². The van der Waals surface area contributed by atoms with Gasteiger partial charge in [0.25, 0.3) is 0 Å². The Bertz CT molecular complexity index is 705. The van der Waals surface area contributed by atoms with Crippen LogP contribution in [0.25, 0.3) is 6.08 Å². The molecule has 2 rings (SSSR count). The van der Waals surface area contributed by atoms with Gasteiger partial charge in [0.05, 0.1) is 13.2 Å². The molecule has 126 valence electrons. The molecule has 24 heavy (non-hydrogen) atoms. The van der Waals surface area contributed by atoms with E-state index < -0.39 is 0 Å². The standard InChI is InChI=1S/C20H23NO3/c1-4-23-18-12-8-16(20(14-18)24-5-2)9-13-19(22)15-6-10-17(21-3)11-7-15/h6-14,21H,4-5H2,1-3H3/b13-9+. The number of hydrogen-bond acceptors (Lipinski definition) is 4. The van der Waals surface area contributed by atoms with Crippen LogP contribution in [0, 0.1) is 0 Å². The average Bonchev–Trinajstić information content (AvgIpc) is 2.61. The molecule has 4 heteroatoms. The molecule has 0 aromatic heterocycles. The number of rotatable bonds is 8. The number of nitrogens with one attached hydrogen (secondary N) is 1. The van der Waals surface area contributed by atoms with Gasteiger partial charge < -0.3 is 14.8 Å². The van der Waals surface area contributed by atoms with E-state index in [1.54, 1.807) is 24.3 Å². The fraction of sp³-hybridized carbons (Fsp3) is 0.250. The summed E-state index contributed by atoms with van der Waals surface area (Å²) in [5.74, 6) is 1.42. The van der Waals surface area contributed by atoms with Crippen LogP contribution >= 0.6 is 0 Å². The molecule has 0 amide bonds. The van der Waals surface area contributed by atoms with Crippen molar-refractivity contribution < 1.29 is 14.3 Å². The third kappa shape index (κ3) is 4.62. The van der Waals surface area contributed by atoms with Gasteiger partial charge in [-0.05, 0) is 62.4 Å². The molecule has 0 saturated carbocycles. The van der Waals surface area contributed by atoms with Crippen LogP contribution in [0.15, 0.2) is 48.5 Å². The van der Waals surface area contributed by atoms with Gasteiger partial charge in [0.1, 0.15) is 11.5 Å². The molecule has 0 spiro atoms. The third-order valence-electron chi connectivity index (χ3n) is 3.47. The number of carbonyl (C=O) groups is 1. The highest BCUT2D eigenvalue weighted by atomic mass is 16.5. The molecule has 0 atom stereocenters. The van der Waals surface area contributed by atoms with Gasteiger partial charge in [0.15, 0.2) is 5.78 Å². The van der Waals surface area contributed by atoms with Gasteiger partial charge in [0, 0.05) is 29.9 Å². The van der Waals surface area contributed by atoms with Crippen molar-refractivity contribution in [3.8, 4) is 11.5 Å². The van der Waals surface area contributed by atoms with Gasteiger partial charge in [-0.25, -0.2) is 0 Å². The van der Waals surface area contributed by atoms with Gasteiger partial charge in [-0.2, -0.15) is 0 Å². The monoisotopic (exact) mass is 325 g/mol. The molecule has 0 unspecified atom stereocenters. The lowest BCUT2D eigenvalue weighted by molar-refractivity contribution is 0.104. The molecule has 0 radical (unpaired) electrons. The lowest BCUT2D eigenvalue weighted by Gasteiger charge is -2.10. The van der Waals surface area contributed by atoms with Gasteiger partial charge >= 0.3 is 0 Å². The number of anilines is 1. The molecule has 0 saturated heterocycles. The zero-order valence-corrected chi connectivity index (χ0v) is 14.3. The summed E-state index contributed by atoms with van der Waals surface area (Å²) in [7, 11) is 1.85. The average molecular weight is 325 g/mol. The highest BCUT2D eigenvalue weighted by Crippen LogP contribution is 2.26. The first kappa shape index (κ1) is 17.6. The second kappa shape index (κ2) is 8.77. The molecule has 2 aromatic rings. The van der Waals surface area contributed by atoms with Crippen LogP contribution < -0.4 is 14.8 Å². The summed E-state index contributed by atoms with van der Waals surface area (Å²) in [6, 6.07) is 13.0. The van der Waals surface area contributed by atoms with E-state index in [9.17, 15) is 4.79 Å². The lowest BCUT2D eigenvalue weighted by atomic mass is 10.1. The zero-order chi connectivity index (χ0) is 17.4. The van der Waals surface area contributed by atoms with Crippen LogP contribution in [0.4, 0.5) is 5.69 Å². The minimum Gasteiger partial charge on any atom is -0.494 e. The van der Waals surface area contributed by atoms with Crippen molar-refractivity contribution in [3.63, 3.8) is 0 Å². The fourth-order valence-corrected chi connectivity index (χ4v) is 2.25. The first-order valence-electron chi connectivity index (χ1n) is 8.07. The van der Waals surface area contributed by atoms with E-state index in [4.69, 9.17) is 9.47 Å². The molecule has 0 aliphatic rings. The van der Waals surface area contributed by atoms with E-state index in [1.165, 1.54) is 0 Å². The van der Waals surface area contributed by atoms with Crippen molar-refractivity contribution in [2.24, 2.45) is 0 Å². The Hall–Kier alpha value is -2.75. The second-order valence-electron chi connectivity index (χ2n) is 5.09. The summed E-state index contributed by atoms with van der Waals surface area (Å²) in [6.45, 7) is 5.01. The predicted octanol–water partition coefficient (Wildman–Crippen LogP) is 4.42. The van der Waals surface area contributed by atoms with Crippen LogP contribution in [0.1, 0.15) is 29.8 Å². The first-order valence-corrected chi connectivity index (χ1v) is 8.07. The summed E-state index contributed by atoms with van der Waals surface area (Å²) in [6.07, 6.45) is 3.33. The summed E-state index contributed by atoms with van der Waals surface area (Å²) >= 11 is 0. The summed E-state index contributed by atoms with van der Waals surface area (Å²) in [4.78, 5) is 12.3. The van der Waals surface area contributed by atoms with Gasteiger partial charge in [-0.15, -0.1) is 0 Å². The molecular formula is C20H23NO3. The SMILES string of the molecule is CCOc1ccc(/C=C/C(=O)c2ccc(NC)cc2)c(OCC)c1. The molecule has 0 aliphatic carbocycles. The Balaban J connectivity index is 2.18. The minimum absolute atomic E-state index is 0.0472. The first-order chi connectivity index (χ1) is 11.7. The van der Waals surface area contributed by atoms with Crippen LogP contribution in [0.5, 0.6) is 11.5 Å². The van der Waals surface area contributed by atoms with Crippen molar-refractivity contribution in [2.75, 3.05) is 25.6 Å². The van der Waals surface area contributed by atoms with E-state index in [-0.39, 0.29) is 5.78 Å². The molecule has 4 nitrogen and oxygen atoms in total. The smallest absolute Gasteiger partial charge is 0.185 e. The Kier molecular flexibility index (Phi) is 6.43. The van der Waals surface area contributed by atoms with Crippen LogP contribution in [-0.4, -0.2) is 26.0 Å². The van der Waals surface area contributed by atoms with Crippen molar-refractivity contribution in [3.05, 3.63) is 59.7 Å². The fourth-order valence-electron chi connectivity index (χ4n) is 2.25. The third-order valence-corrected chi connectivity index (χ3v) is 3.47. The maximum atomic E-state index is 12.3. The number of allylic oxidation sites excluding steroid dienone is 1.